The maximum atomic E-state index is 11.8. The van der Waals surface area contributed by atoms with Gasteiger partial charge in [0.1, 0.15) is 0 Å². The molecule has 5 heteroatoms. The molecule has 1 atom stereocenters. The number of likely N-dealkylation sites (tertiary alicyclic amines) is 1. The van der Waals surface area contributed by atoms with E-state index in [1.54, 1.807) is 6.20 Å². The average Bonchev–Trinajstić information content (AvgIpc) is 3.21. The molecule has 1 saturated carbocycles. The third kappa shape index (κ3) is 3.15. The van der Waals surface area contributed by atoms with Gasteiger partial charge in [0.15, 0.2) is 0 Å². The van der Waals surface area contributed by atoms with Crippen molar-refractivity contribution in [3.63, 3.8) is 0 Å². The standard InChI is InChI=1S/C15H19N3O2/c19-14(8-12-3-1-2-6-16-12)17-9-11-7-15(20)18(10-11)13-4-5-13/h1-3,6,11,13H,4-5,7-10H2,(H,17,19). The summed E-state index contributed by atoms with van der Waals surface area (Å²) >= 11 is 0. The summed E-state index contributed by atoms with van der Waals surface area (Å²) in [7, 11) is 0. The molecule has 106 valence electrons. The zero-order valence-electron chi connectivity index (χ0n) is 11.4. The van der Waals surface area contributed by atoms with Crippen LogP contribution in [-0.2, 0) is 16.0 Å². The van der Waals surface area contributed by atoms with Crippen LogP contribution in [0.25, 0.3) is 0 Å². The molecule has 1 aliphatic carbocycles. The van der Waals surface area contributed by atoms with E-state index in [4.69, 9.17) is 0 Å². The first-order valence-corrected chi connectivity index (χ1v) is 7.18. The Morgan fingerprint density at radius 3 is 2.95 bits per heavy atom. The molecule has 2 amide bonds. The van der Waals surface area contributed by atoms with E-state index in [9.17, 15) is 9.59 Å². The number of nitrogens with zero attached hydrogens (tertiary/aromatic N) is 2. The van der Waals surface area contributed by atoms with Gasteiger partial charge in [0, 0.05) is 43.4 Å². The lowest BCUT2D eigenvalue weighted by Crippen LogP contribution is -2.32. The number of hydrogen-bond acceptors (Lipinski definition) is 3. The lowest BCUT2D eigenvalue weighted by Gasteiger charge is -2.15. The quantitative estimate of drug-likeness (QED) is 0.861. The Morgan fingerprint density at radius 1 is 1.40 bits per heavy atom. The fourth-order valence-electron chi connectivity index (χ4n) is 2.67. The molecule has 0 aromatic carbocycles. The van der Waals surface area contributed by atoms with Gasteiger partial charge in [0.05, 0.1) is 6.42 Å². The lowest BCUT2D eigenvalue weighted by molar-refractivity contribution is -0.128. The highest BCUT2D eigenvalue weighted by molar-refractivity contribution is 5.80. The smallest absolute Gasteiger partial charge is 0.226 e. The molecular formula is C15H19N3O2. The van der Waals surface area contributed by atoms with Crippen LogP contribution in [0.15, 0.2) is 24.4 Å². The Bertz CT molecular complexity index is 499. The Balaban J connectivity index is 1.43. The second-order valence-corrected chi connectivity index (χ2v) is 5.65. The van der Waals surface area contributed by atoms with Gasteiger partial charge in [-0.3, -0.25) is 14.6 Å². The fourth-order valence-corrected chi connectivity index (χ4v) is 2.67. The van der Waals surface area contributed by atoms with Crippen molar-refractivity contribution in [2.24, 2.45) is 5.92 Å². The molecular weight excluding hydrogens is 254 g/mol. The van der Waals surface area contributed by atoms with Crippen molar-refractivity contribution in [2.45, 2.75) is 31.7 Å². The Morgan fingerprint density at radius 2 is 2.25 bits per heavy atom. The fraction of sp³-hybridized carbons (Fsp3) is 0.533. The lowest BCUT2D eigenvalue weighted by atomic mass is 10.1. The van der Waals surface area contributed by atoms with E-state index in [-0.39, 0.29) is 17.7 Å². The molecule has 1 saturated heterocycles. The summed E-state index contributed by atoms with van der Waals surface area (Å²) in [5.41, 5.74) is 0.770. The molecule has 3 rings (SSSR count). The number of nitrogens with one attached hydrogen (secondary N) is 1. The largest absolute Gasteiger partial charge is 0.355 e. The van der Waals surface area contributed by atoms with Crippen molar-refractivity contribution in [2.75, 3.05) is 13.1 Å². The summed E-state index contributed by atoms with van der Waals surface area (Å²) in [5.74, 6) is 0.480. The second-order valence-electron chi connectivity index (χ2n) is 5.65. The first kappa shape index (κ1) is 13.1. The summed E-state index contributed by atoms with van der Waals surface area (Å²) in [6.45, 7) is 1.38. The predicted molar refractivity (Wildman–Crippen MR) is 73.8 cm³/mol. The molecule has 5 nitrogen and oxygen atoms in total. The van der Waals surface area contributed by atoms with Crippen LogP contribution in [0.3, 0.4) is 0 Å². The van der Waals surface area contributed by atoms with E-state index in [0.717, 1.165) is 25.1 Å². The van der Waals surface area contributed by atoms with Crippen molar-refractivity contribution in [1.29, 1.82) is 0 Å². The molecule has 0 bridgehead atoms. The minimum atomic E-state index is -0.0268. The highest BCUT2D eigenvalue weighted by Crippen LogP contribution is 2.32. The topological polar surface area (TPSA) is 62.3 Å². The van der Waals surface area contributed by atoms with Gasteiger partial charge in [-0.2, -0.15) is 0 Å². The van der Waals surface area contributed by atoms with Crippen LogP contribution in [0.4, 0.5) is 0 Å². The van der Waals surface area contributed by atoms with Gasteiger partial charge in [-0.25, -0.2) is 0 Å². The van der Waals surface area contributed by atoms with E-state index in [0.29, 0.717) is 25.4 Å². The zero-order chi connectivity index (χ0) is 13.9. The number of carbonyl (C=O) groups excluding carboxylic acids is 2. The molecule has 20 heavy (non-hydrogen) atoms. The van der Waals surface area contributed by atoms with Gasteiger partial charge in [-0.05, 0) is 25.0 Å². The number of pyridine rings is 1. The van der Waals surface area contributed by atoms with Gasteiger partial charge in [-0.15, -0.1) is 0 Å². The van der Waals surface area contributed by atoms with Crippen LogP contribution in [0.2, 0.25) is 0 Å². The third-order valence-electron chi connectivity index (χ3n) is 3.88. The van der Waals surface area contributed by atoms with E-state index in [2.05, 4.69) is 10.3 Å². The minimum Gasteiger partial charge on any atom is -0.355 e. The van der Waals surface area contributed by atoms with Crippen LogP contribution in [0.1, 0.15) is 25.0 Å². The predicted octanol–water partition coefficient (Wildman–Crippen LogP) is 0.751. The van der Waals surface area contributed by atoms with E-state index in [1.165, 1.54) is 0 Å². The number of rotatable bonds is 5. The van der Waals surface area contributed by atoms with Crippen LogP contribution in [-0.4, -0.2) is 40.8 Å². The molecule has 1 aromatic heterocycles. The molecule has 1 N–H and O–H groups in total. The number of carbonyl (C=O) groups is 2. The highest BCUT2D eigenvalue weighted by Gasteiger charge is 2.39. The summed E-state index contributed by atoms with van der Waals surface area (Å²) in [4.78, 5) is 29.7. The summed E-state index contributed by atoms with van der Waals surface area (Å²) in [6, 6.07) is 6.03. The van der Waals surface area contributed by atoms with Gasteiger partial charge in [-0.1, -0.05) is 6.07 Å². The molecule has 1 unspecified atom stereocenters. The van der Waals surface area contributed by atoms with Crippen molar-refractivity contribution in [1.82, 2.24) is 15.2 Å². The van der Waals surface area contributed by atoms with E-state index in [1.807, 2.05) is 23.1 Å². The maximum Gasteiger partial charge on any atom is 0.226 e. The highest BCUT2D eigenvalue weighted by atomic mass is 16.2. The number of amides is 2. The zero-order valence-corrected chi connectivity index (χ0v) is 11.4. The van der Waals surface area contributed by atoms with Crippen LogP contribution < -0.4 is 5.32 Å². The van der Waals surface area contributed by atoms with Crippen molar-refractivity contribution in [3.05, 3.63) is 30.1 Å². The first-order valence-electron chi connectivity index (χ1n) is 7.18. The van der Waals surface area contributed by atoms with E-state index < -0.39 is 0 Å². The molecule has 0 radical (unpaired) electrons. The number of hydrogen-bond donors (Lipinski definition) is 1. The monoisotopic (exact) mass is 273 g/mol. The van der Waals surface area contributed by atoms with Crippen LogP contribution in [0, 0.1) is 5.92 Å². The molecule has 2 fully saturated rings. The Labute approximate surface area is 118 Å². The Hall–Kier alpha value is -1.91. The normalized spacial score (nSPS) is 22.1. The summed E-state index contributed by atoms with van der Waals surface area (Å²) < 4.78 is 0. The molecule has 2 heterocycles. The van der Waals surface area contributed by atoms with Crippen molar-refractivity contribution in [3.8, 4) is 0 Å². The van der Waals surface area contributed by atoms with Gasteiger partial charge in [0.2, 0.25) is 11.8 Å². The van der Waals surface area contributed by atoms with Crippen LogP contribution >= 0.6 is 0 Å². The molecule has 2 aliphatic rings. The molecule has 1 aromatic rings. The van der Waals surface area contributed by atoms with Crippen molar-refractivity contribution >= 4 is 11.8 Å². The summed E-state index contributed by atoms with van der Waals surface area (Å²) in [6.07, 6.45) is 4.84. The Kier molecular flexibility index (Phi) is 3.67. The minimum absolute atomic E-state index is 0.0268. The summed E-state index contributed by atoms with van der Waals surface area (Å²) in [5, 5.41) is 2.92. The molecule has 1 aliphatic heterocycles. The SMILES string of the molecule is O=C(Cc1ccccn1)NCC1CC(=O)N(C2CC2)C1. The first-order chi connectivity index (χ1) is 9.72. The molecule has 0 spiro atoms. The van der Waals surface area contributed by atoms with Crippen molar-refractivity contribution < 1.29 is 9.59 Å². The van der Waals surface area contributed by atoms with Gasteiger partial charge >= 0.3 is 0 Å². The second kappa shape index (κ2) is 5.61. The van der Waals surface area contributed by atoms with Gasteiger partial charge in [0.25, 0.3) is 0 Å². The maximum absolute atomic E-state index is 11.8. The average molecular weight is 273 g/mol. The third-order valence-corrected chi connectivity index (χ3v) is 3.88. The number of aromatic nitrogens is 1. The van der Waals surface area contributed by atoms with Crippen LogP contribution in [0.5, 0.6) is 0 Å². The van der Waals surface area contributed by atoms with E-state index >= 15 is 0 Å². The van der Waals surface area contributed by atoms with Gasteiger partial charge < -0.3 is 10.2 Å².